The topological polar surface area (TPSA) is 0 Å². The van der Waals surface area contributed by atoms with Gasteiger partial charge in [0.25, 0.3) is 0 Å². The zero-order chi connectivity index (χ0) is 27.0. The largest absolute Gasteiger partial charge is 1.00 e. The average Bonchev–Trinajstić information content (AvgIpc) is 3.53. The molecule has 208 valence electrons. The first-order valence-electron chi connectivity index (χ1n) is 14.4. The van der Waals surface area contributed by atoms with Crippen LogP contribution in [0.3, 0.4) is 0 Å². The standard InChI is InChI=1S/C13H9.C13H10.C12H19.2ClH.Zr/c1-3-7-12-10(5-1)9-11-6-2-4-8-13(11)12;1-3-7-12(8-4-1)11-13-9-5-2-6-10-13;1-5-6-10-7-8-11(9-10)12(2,3)4;;;/h1-9H;1-10H;8-10H,5-6H2,1-4H3;2*1H;/q;;;;;+2/p-2. The smallest absolute Gasteiger partial charge is 1.00 e. The van der Waals surface area contributed by atoms with Crippen molar-refractivity contribution in [1.29, 1.82) is 0 Å². The predicted octanol–water partition coefficient (Wildman–Crippen LogP) is 3.94. The molecule has 0 radical (unpaired) electrons. The number of benzene rings is 4. The van der Waals surface area contributed by atoms with Crippen LogP contribution in [0.25, 0.3) is 11.1 Å². The Labute approximate surface area is 266 Å². The number of rotatable bonds is 6. The maximum Gasteiger partial charge on any atom is -1.00 e. The van der Waals surface area contributed by atoms with Gasteiger partial charge >= 0.3 is 244 Å². The van der Waals surface area contributed by atoms with Crippen LogP contribution in [-0.2, 0) is 21.3 Å². The molecular formula is C38H38Cl2Zr. The fourth-order valence-electron chi connectivity index (χ4n) is 6.53. The van der Waals surface area contributed by atoms with Gasteiger partial charge in [-0.2, -0.15) is 0 Å². The van der Waals surface area contributed by atoms with Gasteiger partial charge in [-0.1, -0.05) is 0 Å². The summed E-state index contributed by atoms with van der Waals surface area (Å²) in [6, 6.07) is 41.2. The van der Waals surface area contributed by atoms with E-state index in [0.29, 0.717) is 9.54 Å². The summed E-state index contributed by atoms with van der Waals surface area (Å²) in [6.45, 7) is 9.49. The Morgan fingerprint density at radius 3 is 1.59 bits per heavy atom. The molecule has 41 heavy (non-hydrogen) atoms. The predicted molar refractivity (Wildman–Crippen MR) is 164 cm³/mol. The van der Waals surface area contributed by atoms with Crippen LogP contribution < -0.4 is 24.8 Å². The second-order valence-electron chi connectivity index (χ2n) is 12.0. The summed E-state index contributed by atoms with van der Waals surface area (Å²) in [6.07, 6.45) is 7.74. The third-order valence-corrected chi connectivity index (χ3v) is 16.9. The fourth-order valence-corrected chi connectivity index (χ4v) is 16.2. The van der Waals surface area contributed by atoms with Gasteiger partial charge in [-0.15, -0.1) is 0 Å². The second-order valence-corrected chi connectivity index (χ2v) is 18.1. The number of hydrogen-bond acceptors (Lipinski definition) is 0. The van der Waals surface area contributed by atoms with Crippen LogP contribution in [0.1, 0.15) is 66.4 Å². The monoisotopic (exact) mass is 654 g/mol. The first-order chi connectivity index (χ1) is 19.0. The number of fused-ring (bicyclic) bond motifs is 3. The van der Waals surface area contributed by atoms with E-state index in [0.717, 1.165) is 0 Å². The molecule has 0 bridgehead atoms. The Morgan fingerprint density at radius 1 is 0.659 bits per heavy atom. The zero-order valence-electron chi connectivity index (χ0n) is 24.4. The Hall–Kier alpha value is -2.31. The molecule has 6 rings (SSSR count). The van der Waals surface area contributed by atoms with Gasteiger partial charge in [-0.05, 0) is 0 Å². The van der Waals surface area contributed by atoms with E-state index in [4.69, 9.17) is 0 Å². The third-order valence-electron chi connectivity index (χ3n) is 8.38. The fraction of sp³-hybridized carbons (Fsp3) is 0.237. The van der Waals surface area contributed by atoms with Gasteiger partial charge in [0.15, 0.2) is 0 Å². The van der Waals surface area contributed by atoms with Gasteiger partial charge < -0.3 is 24.8 Å². The van der Waals surface area contributed by atoms with Gasteiger partial charge in [0.2, 0.25) is 0 Å². The Balaban J connectivity index is 0.00000194. The molecule has 0 saturated heterocycles. The normalized spacial score (nSPS) is 15.3. The minimum atomic E-state index is -2.72. The SMILES string of the molecule is CCCC1C=C(C(C)(C)C)C=[C]1[Zr+2](=[C](c1ccccc1)c1ccccc1)[CH]1c2ccccc2-c2ccccc21.[Cl-].[Cl-]. The van der Waals surface area contributed by atoms with E-state index in [2.05, 4.69) is 149 Å². The molecule has 0 nitrogen and oxygen atoms in total. The average molecular weight is 657 g/mol. The minimum absolute atomic E-state index is 0. The molecule has 4 aromatic carbocycles. The van der Waals surface area contributed by atoms with Crippen molar-refractivity contribution in [3.63, 3.8) is 0 Å². The molecule has 0 amide bonds. The maximum atomic E-state index is 2.67. The Bertz CT molecular complexity index is 1500. The van der Waals surface area contributed by atoms with Gasteiger partial charge in [0, 0.05) is 0 Å². The van der Waals surface area contributed by atoms with Crippen molar-refractivity contribution in [2.45, 2.75) is 44.2 Å². The molecule has 0 aliphatic heterocycles. The first kappa shape index (κ1) is 31.6. The molecule has 0 N–H and O–H groups in total. The quantitative estimate of drug-likeness (QED) is 0.295. The van der Waals surface area contributed by atoms with Crippen molar-refractivity contribution in [1.82, 2.24) is 0 Å². The van der Waals surface area contributed by atoms with Crippen molar-refractivity contribution >= 4 is 3.21 Å². The third kappa shape index (κ3) is 6.10. The molecule has 4 aromatic rings. The summed E-state index contributed by atoms with van der Waals surface area (Å²) in [7, 11) is 0. The summed E-state index contributed by atoms with van der Waals surface area (Å²) < 4.78 is 3.85. The second kappa shape index (κ2) is 13.3. The molecule has 1 unspecified atom stereocenters. The minimum Gasteiger partial charge on any atom is -1.00 e. The van der Waals surface area contributed by atoms with E-state index in [-0.39, 0.29) is 30.2 Å². The van der Waals surface area contributed by atoms with Gasteiger partial charge in [-0.25, -0.2) is 0 Å². The van der Waals surface area contributed by atoms with E-state index < -0.39 is 21.3 Å². The summed E-state index contributed by atoms with van der Waals surface area (Å²) in [4.78, 5) is 0. The van der Waals surface area contributed by atoms with Gasteiger partial charge in [-0.3, -0.25) is 0 Å². The molecule has 3 heteroatoms. The van der Waals surface area contributed by atoms with E-state index in [9.17, 15) is 0 Å². The van der Waals surface area contributed by atoms with Crippen LogP contribution in [0.5, 0.6) is 0 Å². The number of hydrogen-bond donors (Lipinski definition) is 0. The summed E-state index contributed by atoms with van der Waals surface area (Å²) in [5, 5.41) is 0. The van der Waals surface area contributed by atoms with Crippen LogP contribution >= 0.6 is 0 Å². The van der Waals surface area contributed by atoms with Crippen LogP contribution in [0.4, 0.5) is 0 Å². The summed E-state index contributed by atoms with van der Waals surface area (Å²) >= 11 is -2.72. The van der Waals surface area contributed by atoms with Crippen molar-refractivity contribution in [3.8, 4) is 11.1 Å². The number of halogens is 2. The van der Waals surface area contributed by atoms with Crippen LogP contribution in [0.2, 0.25) is 0 Å². The van der Waals surface area contributed by atoms with Crippen molar-refractivity contribution in [3.05, 3.63) is 152 Å². The molecule has 1 atom stereocenters. The van der Waals surface area contributed by atoms with Crippen LogP contribution in [0, 0.1) is 11.3 Å². The Kier molecular flexibility index (Phi) is 10.3. The first-order valence-corrected chi connectivity index (χ1v) is 18.3. The Morgan fingerprint density at radius 2 is 1.12 bits per heavy atom. The van der Waals surface area contributed by atoms with E-state index in [1.165, 1.54) is 51.8 Å². The molecule has 2 aliphatic rings. The zero-order valence-corrected chi connectivity index (χ0v) is 28.3. The molecule has 0 spiro atoms. The van der Waals surface area contributed by atoms with Crippen molar-refractivity contribution in [2.75, 3.05) is 0 Å². The molecule has 0 heterocycles. The van der Waals surface area contributed by atoms with Crippen LogP contribution in [0.15, 0.2) is 130 Å². The van der Waals surface area contributed by atoms with E-state index in [1.807, 2.05) is 0 Å². The molecule has 0 aromatic heterocycles. The maximum absolute atomic E-state index is 2.72. The molecular weight excluding hydrogens is 619 g/mol. The molecule has 0 saturated carbocycles. The summed E-state index contributed by atoms with van der Waals surface area (Å²) in [5.41, 5.74) is 10.4. The van der Waals surface area contributed by atoms with Gasteiger partial charge in [0.05, 0.1) is 0 Å². The van der Waals surface area contributed by atoms with Crippen molar-refractivity contribution in [2.24, 2.45) is 11.3 Å². The summed E-state index contributed by atoms with van der Waals surface area (Å²) in [5.74, 6) is 0.529. The van der Waals surface area contributed by atoms with Crippen molar-refractivity contribution < 1.29 is 46.1 Å². The van der Waals surface area contributed by atoms with Gasteiger partial charge in [0.1, 0.15) is 0 Å². The number of allylic oxidation sites excluding steroid dienone is 4. The molecule has 0 fully saturated rings. The van der Waals surface area contributed by atoms with Crippen LogP contribution in [-0.4, -0.2) is 3.21 Å². The van der Waals surface area contributed by atoms with E-state index in [1.54, 1.807) is 6.49 Å². The molecule has 2 aliphatic carbocycles. The van der Waals surface area contributed by atoms with E-state index >= 15 is 0 Å².